The van der Waals surface area contributed by atoms with Gasteiger partial charge in [-0.3, -0.25) is 4.79 Å². The second-order valence-corrected chi connectivity index (χ2v) is 4.99. The second kappa shape index (κ2) is 7.17. The third-order valence-corrected chi connectivity index (χ3v) is 2.64. The van der Waals surface area contributed by atoms with Crippen LogP contribution >= 0.6 is 11.6 Å². The van der Waals surface area contributed by atoms with Crippen LogP contribution in [0.5, 0.6) is 0 Å². The molecule has 0 saturated heterocycles. The van der Waals surface area contributed by atoms with E-state index in [4.69, 9.17) is 11.6 Å². The second-order valence-electron chi connectivity index (χ2n) is 4.56. The van der Waals surface area contributed by atoms with Crippen molar-refractivity contribution in [1.82, 2.24) is 5.43 Å². The summed E-state index contributed by atoms with van der Waals surface area (Å²) >= 11 is 5.94. The Bertz CT molecular complexity index is 441. The zero-order valence-electron chi connectivity index (χ0n) is 11.0. The molecule has 0 aliphatic heterocycles. The molecule has 0 aliphatic rings. The molecule has 1 aromatic carbocycles. The molecule has 4 heteroatoms. The lowest BCUT2D eigenvalue weighted by atomic mass is 10.1. The summed E-state index contributed by atoms with van der Waals surface area (Å²) in [6.07, 6.45) is 1.22. The molecule has 0 spiro atoms. The fraction of sp³-hybridized carbons (Fsp3) is 0.429. The topological polar surface area (TPSA) is 41.5 Å². The Labute approximate surface area is 113 Å². The fourth-order valence-corrected chi connectivity index (χ4v) is 1.75. The molecule has 18 heavy (non-hydrogen) atoms. The number of nitrogens with zero attached hydrogens (tertiary/aromatic N) is 1. The standard InChI is InChI=1S/C14H19ClN2O/c1-4-13(11-6-5-7-12(15)9-11)16-17-14(18)8-10(2)3/h5-7,9-10H,4,8H2,1-3H3,(H,17,18)/b16-13+. The highest BCUT2D eigenvalue weighted by Crippen LogP contribution is 2.12. The SMILES string of the molecule is CC/C(=N\NC(=O)CC(C)C)c1cccc(Cl)c1. The number of benzene rings is 1. The zero-order chi connectivity index (χ0) is 13.5. The van der Waals surface area contributed by atoms with Crippen LogP contribution in [0.3, 0.4) is 0 Å². The van der Waals surface area contributed by atoms with Crippen LogP contribution in [0, 0.1) is 5.92 Å². The average molecular weight is 267 g/mol. The third kappa shape index (κ3) is 4.88. The van der Waals surface area contributed by atoms with Gasteiger partial charge in [-0.15, -0.1) is 0 Å². The highest BCUT2D eigenvalue weighted by molar-refractivity contribution is 6.31. The van der Waals surface area contributed by atoms with Gasteiger partial charge in [0.15, 0.2) is 0 Å². The van der Waals surface area contributed by atoms with Crippen LogP contribution in [0.1, 0.15) is 39.2 Å². The summed E-state index contributed by atoms with van der Waals surface area (Å²) < 4.78 is 0. The molecule has 0 heterocycles. The van der Waals surface area contributed by atoms with Crippen LogP contribution in [-0.4, -0.2) is 11.6 Å². The highest BCUT2D eigenvalue weighted by Gasteiger charge is 2.05. The summed E-state index contributed by atoms with van der Waals surface area (Å²) in [5.41, 5.74) is 4.36. The molecule has 0 bridgehead atoms. The largest absolute Gasteiger partial charge is 0.273 e. The van der Waals surface area contributed by atoms with Gasteiger partial charge in [-0.25, -0.2) is 5.43 Å². The number of nitrogens with one attached hydrogen (secondary N) is 1. The third-order valence-electron chi connectivity index (χ3n) is 2.40. The number of halogens is 1. The van der Waals surface area contributed by atoms with Crippen LogP contribution < -0.4 is 5.43 Å². The summed E-state index contributed by atoms with van der Waals surface area (Å²) in [4.78, 5) is 11.5. The predicted octanol–water partition coefficient (Wildman–Crippen LogP) is 3.62. The van der Waals surface area contributed by atoms with Gasteiger partial charge in [-0.1, -0.05) is 44.5 Å². The quantitative estimate of drug-likeness (QED) is 0.642. The van der Waals surface area contributed by atoms with Crippen molar-refractivity contribution in [2.75, 3.05) is 0 Å². The monoisotopic (exact) mass is 266 g/mol. The van der Waals surface area contributed by atoms with Gasteiger partial charge in [0.05, 0.1) is 5.71 Å². The Hall–Kier alpha value is -1.35. The summed E-state index contributed by atoms with van der Waals surface area (Å²) in [7, 11) is 0. The lowest BCUT2D eigenvalue weighted by molar-refractivity contribution is -0.121. The number of carbonyl (C=O) groups excluding carboxylic acids is 1. The lowest BCUT2D eigenvalue weighted by Crippen LogP contribution is -2.21. The van der Waals surface area contributed by atoms with Crippen LogP contribution in [-0.2, 0) is 4.79 Å². The molecule has 1 rings (SSSR count). The van der Waals surface area contributed by atoms with Crippen molar-refractivity contribution in [1.29, 1.82) is 0 Å². The van der Waals surface area contributed by atoms with Crippen LogP contribution in [0.4, 0.5) is 0 Å². The van der Waals surface area contributed by atoms with Gasteiger partial charge in [-0.05, 0) is 30.0 Å². The van der Waals surface area contributed by atoms with Crippen molar-refractivity contribution in [2.24, 2.45) is 11.0 Å². The zero-order valence-corrected chi connectivity index (χ0v) is 11.8. The van der Waals surface area contributed by atoms with Gasteiger partial charge < -0.3 is 0 Å². The summed E-state index contributed by atoms with van der Waals surface area (Å²) in [6.45, 7) is 6.00. The smallest absolute Gasteiger partial charge is 0.240 e. The normalized spacial score (nSPS) is 11.7. The maximum absolute atomic E-state index is 11.5. The highest BCUT2D eigenvalue weighted by atomic mass is 35.5. The number of hydrogen-bond donors (Lipinski definition) is 1. The molecule has 98 valence electrons. The lowest BCUT2D eigenvalue weighted by Gasteiger charge is -2.06. The van der Waals surface area contributed by atoms with E-state index in [1.165, 1.54) is 0 Å². The van der Waals surface area contributed by atoms with Gasteiger partial charge in [0, 0.05) is 11.4 Å². The number of rotatable bonds is 5. The molecule has 0 saturated carbocycles. The number of carbonyl (C=O) groups is 1. The first kappa shape index (κ1) is 14.7. The predicted molar refractivity (Wildman–Crippen MR) is 75.9 cm³/mol. The van der Waals surface area contributed by atoms with Gasteiger partial charge >= 0.3 is 0 Å². The van der Waals surface area contributed by atoms with Crippen molar-refractivity contribution in [3.63, 3.8) is 0 Å². The van der Waals surface area contributed by atoms with Crippen molar-refractivity contribution < 1.29 is 4.79 Å². The summed E-state index contributed by atoms with van der Waals surface area (Å²) in [5, 5.41) is 4.83. The number of hydrogen-bond acceptors (Lipinski definition) is 2. The minimum Gasteiger partial charge on any atom is -0.273 e. The first-order valence-electron chi connectivity index (χ1n) is 6.14. The van der Waals surface area contributed by atoms with E-state index in [0.29, 0.717) is 17.4 Å². The first-order valence-corrected chi connectivity index (χ1v) is 6.52. The minimum absolute atomic E-state index is 0.0574. The molecule has 0 unspecified atom stereocenters. The van der Waals surface area contributed by atoms with Gasteiger partial charge in [0.1, 0.15) is 0 Å². The first-order chi connectivity index (χ1) is 8.52. The minimum atomic E-state index is -0.0574. The van der Waals surface area contributed by atoms with E-state index in [-0.39, 0.29) is 5.91 Å². The Balaban J connectivity index is 2.74. The van der Waals surface area contributed by atoms with E-state index in [0.717, 1.165) is 17.7 Å². The molecule has 1 aromatic rings. The molecule has 0 fully saturated rings. The Morgan fingerprint density at radius 3 is 2.72 bits per heavy atom. The molecular weight excluding hydrogens is 248 g/mol. The Kier molecular flexibility index (Phi) is 5.86. The Morgan fingerprint density at radius 1 is 1.44 bits per heavy atom. The van der Waals surface area contributed by atoms with Gasteiger partial charge in [0.2, 0.25) is 5.91 Å². The fourth-order valence-electron chi connectivity index (χ4n) is 1.56. The molecular formula is C14H19ClN2O. The maximum Gasteiger partial charge on any atom is 0.240 e. The molecule has 3 nitrogen and oxygen atoms in total. The summed E-state index contributed by atoms with van der Waals surface area (Å²) in [5.74, 6) is 0.273. The molecule has 0 atom stereocenters. The molecule has 0 radical (unpaired) electrons. The van der Waals surface area contributed by atoms with Crippen molar-refractivity contribution >= 4 is 23.2 Å². The van der Waals surface area contributed by atoms with E-state index in [1.54, 1.807) is 0 Å². The van der Waals surface area contributed by atoms with Crippen LogP contribution in [0.25, 0.3) is 0 Å². The number of amides is 1. The molecule has 1 amide bonds. The van der Waals surface area contributed by atoms with E-state index in [2.05, 4.69) is 10.5 Å². The average Bonchev–Trinajstić information content (AvgIpc) is 2.29. The van der Waals surface area contributed by atoms with E-state index in [9.17, 15) is 4.79 Å². The van der Waals surface area contributed by atoms with Crippen molar-refractivity contribution in [3.05, 3.63) is 34.9 Å². The van der Waals surface area contributed by atoms with Crippen molar-refractivity contribution in [3.8, 4) is 0 Å². The van der Waals surface area contributed by atoms with E-state index >= 15 is 0 Å². The van der Waals surface area contributed by atoms with Gasteiger partial charge in [-0.2, -0.15) is 5.10 Å². The Morgan fingerprint density at radius 2 is 2.17 bits per heavy atom. The summed E-state index contributed by atoms with van der Waals surface area (Å²) in [6, 6.07) is 7.47. The molecule has 0 aliphatic carbocycles. The van der Waals surface area contributed by atoms with E-state index in [1.807, 2.05) is 45.0 Å². The maximum atomic E-state index is 11.5. The number of hydrazone groups is 1. The molecule has 1 N–H and O–H groups in total. The van der Waals surface area contributed by atoms with Gasteiger partial charge in [0.25, 0.3) is 0 Å². The van der Waals surface area contributed by atoms with Crippen molar-refractivity contribution in [2.45, 2.75) is 33.6 Å². The van der Waals surface area contributed by atoms with Crippen LogP contribution in [0.2, 0.25) is 5.02 Å². The van der Waals surface area contributed by atoms with Crippen LogP contribution in [0.15, 0.2) is 29.4 Å². The van der Waals surface area contributed by atoms with E-state index < -0.39 is 0 Å². The molecule has 0 aromatic heterocycles.